The van der Waals surface area contributed by atoms with Gasteiger partial charge in [-0.05, 0) is 56.5 Å². The highest BCUT2D eigenvalue weighted by atomic mass is 32.1. The van der Waals surface area contributed by atoms with Crippen LogP contribution in [0.25, 0.3) is 31.6 Å². The Hall–Kier alpha value is -2.26. The van der Waals surface area contributed by atoms with Gasteiger partial charge in [-0.25, -0.2) is 4.98 Å². The van der Waals surface area contributed by atoms with E-state index >= 15 is 0 Å². The van der Waals surface area contributed by atoms with Gasteiger partial charge in [-0.3, -0.25) is 4.98 Å². The van der Waals surface area contributed by atoms with Crippen LogP contribution in [-0.4, -0.2) is 9.97 Å². The second-order valence-electron chi connectivity index (χ2n) is 7.27. The number of benzene rings is 1. The number of aromatic nitrogens is 2. The summed E-state index contributed by atoms with van der Waals surface area (Å²) in [6, 6.07) is 13.2. The molecule has 0 saturated heterocycles. The summed E-state index contributed by atoms with van der Waals surface area (Å²) in [5.41, 5.74) is 5.98. The largest absolute Gasteiger partial charge is 0.255 e. The minimum Gasteiger partial charge on any atom is -0.255 e. The maximum atomic E-state index is 4.91. The molecule has 0 fully saturated rings. The Kier molecular flexibility index (Phi) is 4.04. The van der Waals surface area contributed by atoms with Crippen LogP contribution in [-0.2, 0) is 6.42 Å². The third-order valence-electron chi connectivity index (χ3n) is 4.42. The molecule has 3 heterocycles. The molecule has 0 bridgehead atoms. The van der Waals surface area contributed by atoms with E-state index in [1.807, 2.05) is 6.20 Å². The van der Waals surface area contributed by atoms with Crippen LogP contribution in [0.5, 0.6) is 0 Å². The normalized spacial score (nSPS) is 11.7. The van der Waals surface area contributed by atoms with Gasteiger partial charge < -0.3 is 0 Å². The van der Waals surface area contributed by atoms with Gasteiger partial charge in [0.2, 0.25) is 0 Å². The topological polar surface area (TPSA) is 25.8 Å². The van der Waals surface area contributed by atoms with Crippen molar-refractivity contribution in [2.24, 2.45) is 5.92 Å². The molecule has 0 atom stereocenters. The molecule has 0 radical (unpaired) electrons. The average Bonchev–Trinajstić information content (AvgIpc) is 2.90. The van der Waals surface area contributed by atoms with Crippen LogP contribution < -0.4 is 0 Å². The molecule has 3 aromatic heterocycles. The highest BCUT2D eigenvalue weighted by molar-refractivity contribution is 7.26. The van der Waals surface area contributed by atoms with Crippen LogP contribution in [0.1, 0.15) is 30.7 Å². The van der Waals surface area contributed by atoms with Crippen LogP contribution in [0.3, 0.4) is 0 Å². The molecule has 4 rings (SSSR count). The van der Waals surface area contributed by atoms with Gasteiger partial charge in [0.15, 0.2) is 0 Å². The first-order valence-corrected chi connectivity index (χ1v) is 9.59. The molecule has 0 amide bonds. The fraction of sp³-hybridized carbons (Fsp3) is 0.273. The van der Waals surface area contributed by atoms with Crippen LogP contribution in [0.15, 0.2) is 42.6 Å². The number of fused-ring (bicyclic) bond motifs is 3. The highest BCUT2D eigenvalue weighted by Crippen LogP contribution is 2.38. The lowest BCUT2D eigenvalue weighted by Gasteiger charge is -2.05. The minimum atomic E-state index is 0.617. The Labute approximate surface area is 152 Å². The predicted octanol–water partition coefficient (Wildman–Crippen LogP) is 6.33. The number of hydrogen-bond acceptors (Lipinski definition) is 3. The number of rotatable bonds is 3. The average molecular weight is 346 g/mol. The van der Waals surface area contributed by atoms with E-state index in [2.05, 4.69) is 64.1 Å². The molecular formula is C22H22N2S. The van der Waals surface area contributed by atoms with E-state index in [1.165, 1.54) is 37.9 Å². The summed E-state index contributed by atoms with van der Waals surface area (Å²) in [7, 11) is 0. The quantitative estimate of drug-likeness (QED) is 0.433. The number of aryl methyl sites for hydroxylation is 2. The van der Waals surface area contributed by atoms with E-state index < -0.39 is 0 Å². The Bertz CT molecular complexity index is 1060. The van der Waals surface area contributed by atoms with Crippen molar-refractivity contribution in [2.45, 2.75) is 34.1 Å². The van der Waals surface area contributed by atoms with Gasteiger partial charge in [-0.1, -0.05) is 31.0 Å². The second kappa shape index (κ2) is 6.23. The van der Waals surface area contributed by atoms with E-state index in [4.69, 9.17) is 9.97 Å². The van der Waals surface area contributed by atoms with Gasteiger partial charge in [0.25, 0.3) is 0 Å². The van der Waals surface area contributed by atoms with Gasteiger partial charge >= 0.3 is 0 Å². The van der Waals surface area contributed by atoms with Crippen molar-refractivity contribution in [3.63, 3.8) is 0 Å². The molecule has 0 unspecified atom stereocenters. The van der Waals surface area contributed by atoms with Crippen molar-refractivity contribution in [1.29, 1.82) is 0 Å². The Morgan fingerprint density at radius 2 is 1.72 bits per heavy atom. The highest BCUT2D eigenvalue weighted by Gasteiger charge is 2.13. The van der Waals surface area contributed by atoms with Crippen LogP contribution in [0.4, 0.5) is 0 Å². The van der Waals surface area contributed by atoms with Gasteiger partial charge in [-0.15, -0.1) is 11.3 Å². The summed E-state index contributed by atoms with van der Waals surface area (Å²) >= 11 is 1.76. The van der Waals surface area contributed by atoms with Gasteiger partial charge in [0.05, 0.1) is 10.4 Å². The summed E-state index contributed by atoms with van der Waals surface area (Å²) in [6.45, 7) is 8.75. The molecule has 25 heavy (non-hydrogen) atoms. The maximum Gasteiger partial charge on any atom is 0.124 e. The lowest BCUT2D eigenvalue weighted by molar-refractivity contribution is 0.637. The third-order valence-corrected chi connectivity index (χ3v) is 5.55. The Morgan fingerprint density at radius 3 is 2.44 bits per heavy atom. The summed E-state index contributed by atoms with van der Waals surface area (Å²) in [4.78, 5) is 10.7. The molecule has 2 nitrogen and oxygen atoms in total. The van der Waals surface area contributed by atoms with Crippen molar-refractivity contribution < 1.29 is 0 Å². The zero-order chi connectivity index (χ0) is 17.6. The van der Waals surface area contributed by atoms with Crippen molar-refractivity contribution in [3.05, 3.63) is 59.4 Å². The molecular weight excluding hydrogens is 324 g/mol. The number of nitrogens with zero attached hydrogens (tertiary/aromatic N) is 2. The van der Waals surface area contributed by atoms with Gasteiger partial charge in [0, 0.05) is 28.2 Å². The summed E-state index contributed by atoms with van der Waals surface area (Å²) in [6.07, 6.45) is 2.94. The number of pyridine rings is 2. The minimum absolute atomic E-state index is 0.617. The van der Waals surface area contributed by atoms with Crippen molar-refractivity contribution in [3.8, 4) is 11.3 Å². The molecule has 0 N–H and O–H groups in total. The van der Waals surface area contributed by atoms with Gasteiger partial charge in [-0.2, -0.15) is 0 Å². The first-order valence-electron chi connectivity index (χ1n) is 8.77. The Balaban J connectivity index is 1.94. The lowest BCUT2D eigenvalue weighted by atomic mass is 10.0. The first kappa shape index (κ1) is 16.2. The third kappa shape index (κ3) is 3.05. The molecule has 0 spiro atoms. The van der Waals surface area contributed by atoms with Crippen LogP contribution in [0, 0.1) is 19.8 Å². The smallest absolute Gasteiger partial charge is 0.124 e. The van der Waals surface area contributed by atoms with E-state index in [9.17, 15) is 0 Å². The lowest BCUT2D eigenvalue weighted by Crippen LogP contribution is -1.96. The monoisotopic (exact) mass is 346 g/mol. The van der Waals surface area contributed by atoms with E-state index in [0.717, 1.165) is 16.9 Å². The predicted molar refractivity (Wildman–Crippen MR) is 108 cm³/mol. The molecule has 0 aliphatic rings. The zero-order valence-electron chi connectivity index (χ0n) is 15.1. The van der Waals surface area contributed by atoms with Crippen LogP contribution in [0.2, 0.25) is 0 Å². The van der Waals surface area contributed by atoms with Crippen molar-refractivity contribution >= 4 is 31.6 Å². The zero-order valence-corrected chi connectivity index (χ0v) is 15.9. The molecule has 0 saturated carbocycles. The van der Waals surface area contributed by atoms with Crippen molar-refractivity contribution in [2.75, 3.05) is 0 Å². The van der Waals surface area contributed by atoms with E-state index in [1.54, 1.807) is 11.3 Å². The fourth-order valence-electron chi connectivity index (χ4n) is 3.47. The molecule has 126 valence electrons. The molecule has 3 heteroatoms. The summed E-state index contributed by atoms with van der Waals surface area (Å²) in [5.74, 6) is 0.617. The Morgan fingerprint density at radius 1 is 0.960 bits per heavy atom. The molecule has 0 aliphatic carbocycles. The maximum absolute atomic E-state index is 4.91. The molecule has 4 aromatic rings. The number of thiophene rings is 1. The van der Waals surface area contributed by atoms with Gasteiger partial charge in [0.1, 0.15) is 4.83 Å². The van der Waals surface area contributed by atoms with Crippen LogP contribution >= 0.6 is 11.3 Å². The fourth-order valence-corrected chi connectivity index (χ4v) is 4.67. The molecule has 1 aromatic carbocycles. The standard InChI is InChI=1S/C22H22N2S/c1-13(2)9-17-5-6-19-18-7-8-23-20(21(18)25-22(19)24-17)16-11-14(3)10-15(4)12-16/h5-8,10-13H,9H2,1-4H3. The second-order valence-corrected chi connectivity index (χ2v) is 8.27. The van der Waals surface area contributed by atoms with E-state index in [-0.39, 0.29) is 0 Å². The molecule has 0 aliphatic heterocycles. The summed E-state index contributed by atoms with van der Waals surface area (Å²) < 4.78 is 1.23. The van der Waals surface area contributed by atoms with E-state index in [0.29, 0.717) is 5.92 Å². The summed E-state index contributed by atoms with van der Waals surface area (Å²) in [5, 5.41) is 2.49. The van der Waals surface area contributed by atoms with Crippen molar-refractivity contribution in [1.82, 2.24) is 9.97 Å². The first-order chi connectivity index (χ1) is 12.0. The SMILES string of the molecule is Cc1cc(C)cc(-c2nccc3c2sc2nc(CC(C)C)ccc23)c1. The number of hydrogen-bond donors (Lipinski definition) is 0.